The second-order valence-electron chi connectivity index (χ2n) is 6.25. The first-order valence-corrected chi connectivity index (χ1v) is 7.49. The van der Waals surface area contributed by atoms with Gasteiger partial charge < -0.3 is 15.3 Å². The maximum absolute atomic E-state index is 12.2. The Morgan fingerprint density at radius 1 is 1.26 bits per heavy atom. The summed E-state index contributed by atoms with van der Waals surface area (Å²) in [6.45, 7) is 10.9. The van der Waals surface area contributed by atoms with Crippen LogP contribution in [-0.2, 0) is 4.79 Å². The first-order chi connectivity index (χ1) is 8.61. The molecule has 1 aliphatic heterocycles. The van der Waals surface area contributed by atoms with Crippen LogP contribution in [0.4, 0.5) is 4.79 Å². The minimum atomic E-state index is -0.992. The normalized spacial score (nSPS) is 25.8. The molecular formula is C13H24N2O3S. The van der Waals surface area contributed by atoms with Gasteiger partial charge in [-0.05, 0) is 5.41 Å². The van der Waals surface area contributed by atoms with Crippen molar-refractivity contribution in [1.29, 1.82) is 0 Å². The number of nitrogens with one attached hydrogen (secondary N) is 1. The molecule has 19 heavy (non-hydrogen) atoms. The van der Waals surface area contributed by atoms with Crippen molar-refractivity contribution >= 4 is 23.8 Å². The van der Waals surface area contributed by atoms with E-state index in [-0.39, 0.29) is 6.03 Å². The summed E-state index contributed by atoms with van der Waals surface area (Å²) in [4.78, 5) is 25.2. The number of carbonyl (C=O) groups excluding carboxylic acids is 1. The summed E-state index contributed by atoms with van der Waals surface area (Å²) < 4.78 is 0. The molecule has 1 heterocycles. The minimum Gasteiger partial charge on any atom is -0.480 e. The van der Waals surface area contributed by atoms with E-state index in [0.29, 0.717) is 23.6 Å². The molecule has 6 heteroatoms. The van der Waals surface area contributed by atoms with Crippen LogP contribution in [0.2, 0.25) is 0 Å². The number of rotatable bonds is 2. The topological polar surface area (TPSA) is 69.6 Å². The molecule has 2 amide bonds. The maximum Gasteiger partial charge on any atom is 0.326 e. The highest BCUT2D eigenvalue weighted by Gasteiger charge is 2.35. The lowest BCUT2D eigenvalue weighted by atomic mass is 9.87. The maximum atomic E-state index is 12.2. The molecule has 0 saturated carbocycles. The summed E-state index contributed by atoms with van der Waals surface area (Å²) >= 11 is 1.86. The largest absolute Gasteiger partial charge is 0.480 e. The highest BCUT2D eigenvalue weighted by Crippen LogP contribution is 2.25. The van der Waals surface area contributed by atoms with Gasteiger partial charge in [-0.2, -0.15) is 11.8 Å². The van der Waals surface area contributed by atoms with Crippen LogP contribution in [0.3, 0.4) is 0 Å². The summed E-state index contributed by atoms with van der Waals surface area (Å²) in [6, 6.07) is -1.15. The van der Waals surface area contributed by atoms with E-state index in [0.717, 1.165) is 0 Å². The zero-order valence-corrected chi connectivity index (χ0v) is 13.1. The van der Waals surface area contributed by atoms with E-state index in [2.05, 4.69) is 19.2 Å². The number of hydrogen-bond donors (Lipinski definition) is 2. The first-order valence-electron chi connectivity index (χ1n) is 6.55. The van der Waals surface area contributed by atoms with Crippen molar-refractivity contribution in [3.63, 3.8) is 0 Å². The lowest BCUT2D eigenvalue weighted by Gasteiger charge is -2.36. The van der Waals surface area contributed by atoms with Gasteiger partial charge in [0.1, 0.15) is 6.04 Å². The summed E-state index contributed by atoms with van der Waals surface area (Å²) in [5.74, 6) is -0.992. The number of carboxylic acid groups (broad SMARTS) is 1. The van der Waals surface area contributed by atoms with Gasteiger partial charge in [0.25, 0.3) is 0 Å². The van der Waals surface area contributed by atoms with Gasteiger partial charge in [-0.25, -0.2) is 9.59 Å². The molecule has 2 unspecified atom stereocenters. The van der Waals surface area contributed by atoms with Crippen molar-refractivity contribution in [2.24, 2.45) is 5.41 Å². The van der Waals surface area contributed by atoms with Gasteiger partial charge >= 0.3 is 12.0 Å². The van der Waals surface area contributed by atoms with Crippen molar-refractivity contribution in [2.75, 3.05) is 13.1 Å². The smallest absolute Gasteiger partial charge is 0.326 e. The Balaban J connectivity index is 2.69. The third kappa shape index (κ3) is 4.60. The first kappa shape index (κ1) is 16.1. The minimum absolute atomic E-state index is 0.277. The van der Waals surface area contributed by atoms with E-state index in [1.54, 1.807) is 4.90 Å². The fraction of sp³-hybridized carbons (Fsp3) is 0.846. The number of carboxylic acids is 1. The molecule has 0 aromatic carbocycles. The average molecular weight is 288 g/mol. The number of carbonyl (C=O) groups is 2. The molecule has 2 N–H and O–H groups in total. The molecule has 1 fully saturated rings. The van der Waals surface area contributed by atoms with Gasteiger partial charge in [0, 0.05) is 23.6 Å². The Hall–Kier alpha value is -0.910. The van der Waals surface area contributed by atoms with Crippen LogP contribution in [0, 0.1) is 5.41 Å². The Kier molecular flexibility index (Phi) is 5.12. The number of aliphatic carboxylic acids is 1. The number of nitrogens with zero attached hydrogens (tertiary/aromatic N) is 1. The lowest BCUT2D eigenvalue weighted by Crippen LogP contribution is -2.56. The Morgan fingerprint density at radius 2 is 1.74 bits per heavy atom. The summed E-state index contributed by atoms with van der Waals surface area (Å²) in [7, 11) is 0. The van der Waals surface area contributed by atoms with E-state index in [9.17, 15) is 14.7 Å². The zero-order valence-electron chi connectivity index (χ0n) is 12.3. The molecule has 0 aromatic heterocycles. The van der Waals surface area contributed by atoms with Crippen LogP contribution < -0.4 is 5.32 Å². The predicted molar refractivity (Wildman–Crippen MR) is 77.5 cm³/mol. The number of thioether (sulfide) groups is 1. The van der Waals surface area contributed by atoms with E-state index >= 15 is 0 Å². The van der Waals surface area contributed by atoms with Gasteiger partial charge in [-0.3, -0.25) is 0 Å². The molecule has 1 aliphatic rings. The van der Waals surface area contributed by atoms with Crippen LogP contribution in [-0.4, -0.2) is 51.6 Å². The van der Waals surface area contributed by atoms with Gasteiger partial charge in [0.15, 0.2) is 0 Å². The Labute approximate surface area is 119 Å². The molecule has 3 atom stereocenters. The third-order valence-electron chi connectivity index (χ3n) is 3.09. The Bertz CT molecular complexity index is 344. The monoisotopic (exact) mass is 288 g/mol. The van der Waals surface area contributed by atoms with Crippen molar-refractivity contribution in [1.82, 2.24) is 10.2 Å². The molecule has 0 radical (unpaired) electrons. The quantitative estimate of drug-likeness (QED) is 0.815. The van der Waals surface area contributed by atoms with Gasteiger partial charge in [0.05, 0.1) is 0 Å². The molecule has 0 aliphatic carbocycles. The summed E-state index contributed by atoms with van der Waals surface area (Å²) in [6.07, 6.45) is 0. The molecular weight excluding hydrogens is 264 g/mol. The van der Waals surface area contributed by atoms with Crippen LogP contribution in [0.15, 0.2) is 0 Å². The van der Waals surface area contributed by atoms with Crippen LogP contribution >= 0.6 is 11.8 Å². The van der Waals surface area contributed by atoms with E-state index in [4.69, 9.17) is 0 Å². The fourth-order valence-electron chi connectivity index (χ4n) is 2.21. The second-order valence-corrected chi connectivity index (χ2v) is 8.13. The van der Waals surface area contributed by atoms with Crippen LogP contribution in [0.1, 0.15) is 34.6 Å². The van der Waals surface area contributed by atoms with Gasteiger partial charge in [-0.15, -0.1) is 0 Å². The van der Waals surface area contributed by atoms with E-state index in [1.165, 1.54) is 0 Å². The Morgan fingerprint density at radius 3 is 2.11 bits per heavy atom. The van der Waals surface area contributed by atoms with E-state index < -0.39 is 17.4 Å². The SMILES string of the molecule is CC1CN(C(=O)N[C@H](C(=O)O)C(C)(C)C)CC(C)S1. The molecule has 5 nitrogen and oxygen atoms in total. The third-order valence-corrected chi connectivity index (χ3v) is 4.31. The molecule has 1 rings (SSSR count). The zero-order chi connectivity index (χ0) is 14.8. The summed E-state index contributed by atoms with van der Waals surface area (Å²) in [5.41, 5.74) is -0.511. The lowest BCUT2D eigenvalue weighted by molar-refractivity contribution is -0.142. The fourth-order valence-corrected chi connectivity index (χ4v) is 3.53. The highest BCUT2D eigenvalue weighted by atomic mass is 32.2. The molecule has 0 spiro atoms. The standard InChI is InChI=1S/C13H24N2O3S/c1-8-6-15(7-9(2)19-8)12(18)14-10(11(16)17)13(3,4)5/h8-10H,6-7H2,1-5H3,(H,14,18)(H,16,17)/t8?,9?,10-/m1/s1. The highest BCUT2D eigenvalue weighted by molar-refractivity contribution is 8.00. The molecule has 0 bridgehead atoms. The van der Waals surface area contributed by atoms with Crippen LogP contribution in [0.25, 0.3) is 0 Å². The number of hydrogen-bond acceptors (Lipinski definition) is 3. The van der Waals surface area contributed by atoms with E-state index in [1.807, 2.05) is 32.5 Å². The van der Waals surface area contributed by atoms with Crippen molar-refractivity contribution in [3.8, 4) is 0 Å². The average Bonchev–Trinajstić information content (AvgIpc) is 2.21. The van der Waals surface area contributed by atoms with Crippen LogP contribution in [0.5, 0.6) is 0 Å². The number of urea groups is 1. The van der Waals surface area contributed by atoms with Crippen molar-refractivity contribution < 1.29 is 14.7 Å². The number of amides is 2. The molecule has 110 valence electrons. The second kappa shape index (κ2) is 6.03. The molecule has 1 saturated heterocycles. The van der Waals surface area contributed by atoms with Crippen molar-refractivity contribution in [3.05, 3.63) is 0 Å². The van der Waals surface area contributed by atoms with Crippen molar-refractivity contribution in [2.45, 2.75) is 51.2 Å². The summed E-state index contributed by atoms with van der Waals surface area (Å²) in [5, 5.41) is 12.6. The van der Waals surface area contributed by atoms with Gasteiger partial charge in [-0.1, -0.05) is 34.6 Å². The van der Waals surface area contributed by atoms with Gasteiger partial charge in [0.2, 0.25) is 0 Å². The predicted octanol–water partition coefficient (Wildman–Crippen LogP) is 2.02. The molecule has 0 aromatic rings.